The molecule has 1 aromatic rings. The quantitative estimate of drug-likeness (QED) is 0.737. The fourth-order valence-corrected chi connectivity index (χ4v) is 3.85. The maximum Gasteiger partial charge on any atom is 0.148 e. The minimum absolute atomic E-state index is 0.0228. The zero-order valence-electron chi connectivity index (χ0n) is 14.0. The zero-order valence-corrected chi connectivity index (χ0v) is 14.8. The molecule has 0 aliphatic heterocycles. The van der Waals surface area contributed by atoms with E-state index in [2.05, 4.69) is 11.0 Å². The van der Waals surface area contributed by atoms with E-state index in [0.717, 1.165) is 30.7 Å². The van der Waals surface area contributed by atoms with Crippen molar-refractivity contribution in [3.63, 3.8) is 0 Å². The van der Waals surface area contributed by atoms with Gasteiger partial charge in [-0.3, -0.25) is 4.90 Å². The molecule has 0 heterocycles. The van der Waals surface area contributed by atoms with Crippen molar-refractivity contribution in [1.82, 2.24) is 4.90 Å². The van der Waals surface area contributed by atoms with E-state index in [-0.39, 0.29) is 17.9 Å². The highest BCUT2D eigenvalue weighted by molar-refractivity contribution is 7.90. The molecule has 1 aliphatic carbocycles. The second kappa shape index (κ2) is 7.01. The number of hydrogen-bond acceptors (Lipinski definition) is 4. The molecule has 0 aromatic heterocycles. The maximum absolute atomic E-state index is 11.6. The van der Waals surface area contributed by atoms with Crippen LogP contribution < -0.4 is 4.74 Å². The Morgan fingerprint density at radius 2 is 1.86 bits per heavy atom. The Morgan fingerprint density at radius 3 is 2.41 bits per heavy atom. The van der Waals surface area contributed by atoms with Gasteiger partial charge in [0.1, 0.15) is 15.6 Å². The summed E-state index contributed by atoms with van der Waals surface area (Å²) in [6, 6.07) is 8.57. The van der Waals surface area contributed by atoms with Crippen LogP contribution in [-0.4, -0.2) is 43.5 Å². The van der Waals surface area contributed by atoms with E-state index in [0.29, 0.717) is 6.04 Å². The fraction of sp³-hybridized carbons (Fsp3) is 0.647. The van der Waals surface area contributed by atoms with Crippen LogP contribution in [0.2, 0.25) is 0 Å². The van der Waals surface area contributed by atoms with Crippen molar-refractivity contribution in [1.29, 1.82) is 0 Å². The predicted molar refractivity (Wildman–Crippen MR) is 89.9 cm³/mol. The molecule has 0 bridgehead atoms. The molecule has 0 amide bonds. The lowest BCUT2D eigenvalue weighted by molar-refractivity contribution is 0.193. The van der Waals surface area contributed by atoms with Gasteiger partial charge in [-0.05, 0) is 39.7 Å². The van der Waals surface area contributed by atoms with E-state index in [1.807, 2.05) is 39.0 Å². The lowest BCUT2D eigenvalue weighted by Gasteiger charge is -2.29. The Bertz CT molecular complexity index is 594. The molecule has 5 heteroatoms. The van der Waals surface area contributed by atoms with Gasteiger partial charge >= 0.3 is 0 Å². The van der Waals surface area contributed by atoms with Gasteiger partial charge in [-0.1, -0.05) is 18.2 Å². The number of ether oxygens (including phenoxy) is 1. The van der Waals surface area contributed by atoms with Crippen molar-refractivity contribution in [2.75, 3.05) is 12.0 Å². The molecule has 1 saturated carbocycles. The van der Waals surface area contributed by atoms with E-state index < -0.39 is 9.84 Å². The molecule has 4 nitrogen and oxygen atoms in total. The maximum atomic E-state index is 11.6. The molecule has 1 aromatic carbocycles. The molecule has 124 valence electrons. The molecular formula is C17H27NO3S. The van der Waals surface area contributed by atoms with Gasteiger partial charge in [-0.2, -0.15) is 0 Å². The molecule has 0 spiro atoms. The molecular weight excluding hydrogens is 298 g/mol. The van der Waals surface area contributed by atoms with Gasteiger partial charge < -0.3 is 4.74 Å². The van der Waals surface area contributed by atoms with Gasteiger partial charge in [0.05, 0.1) is 11.9 Å². The van der Waals surface area contributed by atoms with Gasteiger partial charge in [0.15, 0.2) is 0 Å². The third-order valence-electron chi connectivity index (χ3n) is 3.81. The average molecular weight is 325 g/mol. The van der Waals surface area contributed by atoms with Crippen molar-refractivity contribution < 1.29 is 13.2 Å². The van der Waals surface area contributed by atoms with Crippen LogP contribution in [0.1, 0.15) is 39.2 Å². The lowest BCUT2D eigenvalue weighted by atomic mass is 10.1. The van der Waals surface area contributed by atoms with Crippen LogP contribution in [0.4, 0.5) is 0 Å². The largest absolute Gasteiger partial charge is 0.491 e. The van der Waals surface area contributed by atoms with Gasteiger partial charge in [-0.25, -0.2) is 8.42 Å². The highest BCUT2D eigenvalue weighted by Gasteiger charge is 2.33. The third kappa shape index (κ3) is 5.29. The van der Waals surface area contributed by atoms with Crippen LogP contribution in [0.25, 0.3) is 0 Å². The first-order valence-corrected chi connectivity index (χ1v) is 10.0. The summed E-state index contributed by atoms with van der Waals surface area (Å²) in [5, 5.41) is 0. The number of rotatable bonds is 8. The first kappa shape index (κ1) is 17.3. The molecule has 0 saturated heterocycles. The van der Waals surface area contributed by atoms with Crippen LogP contribution in [0, 0.1) is 0 Å². The standard InChI is InChI=1S/C17H27NO3S/c1-13(2)21-17-8-6-5-7-15(17)11-18(16-9-10-16)14(3)12-22(4,19)20/h5-8,13-14,16H,9-12H2,1-4H3. The van der Waals surface area contributed by atoms with E-state index in [1.54, 1.807) is 0 Å². The fourth-order valence-electron chi connectivity index (χ4n) is 2.78. The molecule has 1 atom stereocenters. The highest BCUT2D eigenvalue weighted by Crippen LogP contribution is 2.32. The van der Waals surface area contributed by atoms with Crippen molar-refractivity contribution in [3.8, 4) is 5.75 Å². The van der Waals surface area contributed by atoms with Crippen LogP contribution in [-0.2, 0) is 16.4 Å². The van der Waals surface area contributed by atoms with Crippen LogP contribution in [0.5, 0.6) is 5.75 Å². The normalized spacial score (nSPS) is 17.0. The molecule has 1 fully saturated rings. The smallest absolute Gasteiger partial charge is 0.148 e. The molecule has 0 radical (unpaired) electrons. The van der Waals surface area contributed by atoms with Crippen LogP contribution >= 0.6 is 0 Å². The van der Waals surface area contributed by atoms with Gasteiger partial charge in [0, 0.05) is 30.4 Å². The second-order valence-corrected chi connectivity index (χ2v) is 8.80. The number of nitrogens with zero attached hydrogens (tertiary/aromatic N) is 1. The van der Waals surface area contributed by atoms with E-state index in [4.69, 9.17) is 4.74 Å². The van der Waals surface area contributed by atoms with Crippen molar-refractivity contribution in [2.24, 2.45) is 0 Å². The lowest BCUT2D eigenvalue weighted by Crippen LogP contribution is -2.39. The van der Waals surface area contributed by atoms with E-state index >= 15 is 0 Å². The SMILES string of the molecule is CC(C)Oc1ccccc1CN(C(C)CS(C)(=O)=O)C1CC1. The summed E-state index contributed by atoms with van der Waals surface area (Å²) in [5.74, 6) is 1.10. The van der Waals surface area contributed by atoms with Gasteiger partial charge in [0.2, 0.25) is 0 Å². The topological polar surface area (TPSA) is 46.6 Å². The molecule has 22 heavy (non-hydrogen) atoms. The van der Waals surface area contributed by atoms with Crippen molar-refractivity contribution in [3.05, 3.63) is 29.8 Å². The number of benzene rings is 1. The molecule has 1 unspecified atom stereocenters. The minimum atomic E-state index is -2.97. The monoisotopic (exact) mass is 325 g/mol. The van der Waals surface area contributed by atoms with Crippen LogP contribution in [0.15, 0.2) is 24.3 Å². The van der Waals surface area contributed by atoms with Crippen LogP contribution in [0.3, 0.4) is 0 Å². The summed E-state index contributed by atoms with van der Waals surface area (Å²) in [6.45, 7) is 6.78. The summed E-state index contributed by atoms with van der Waals surface area (Å²) >= 11 is 0. The Kier molecular flexibility index (Phi) is 5.50. The summed E-state index contributed by atoms with van der Waals surface area (Å²) in [6.07, 6.45) is 3.75. The predicted octanol–water partition coefficient (Wildman–Crippen LogP) is 2.87. The van der Waals surface area contributed by atoms with E-state index in [9.17, 15) is 8.42 Å². The first-order chi connectivity index (χ1) is 10.3. The molecule has 0 N–H and O–H groups in total. The summed E-state index contributed by atoms with van der Waals surface area (Å²) < 4.78 is 29.1. The van der Waals surface area contributed by atoms with Crippen molar-refractivity contribution in [2.45, 2.75) is 58.3 Å². The Labute approximate surface area is 134 Å². The van der Waals surface area contributed by atoms with Crippen molar-refractivity contribution >= 4 is 9.84 Å². The zero-order chi connectivity index (χ0) is 16.3. The second-order valence-electron chi connectivity index (χ2n) is 6.62. The number of para-hydroxylation sites is 1. The average Bonchev–Trinajstić information content (AvgIpc) is 3.19. The summed E-state index contributed by atoms with van der Waals surface area (Å²) in [4.78, 5) is 2.31. The Balaban J connectivity index is 2.15. The molecule has 2 rings (SSSR count). The van der Waals surface area contributed by atoms with E-state index in [1.165, 1.54) is 6.26 Å². The number of hydrogen-bond donors (Lipinski definition) is 0. The minimum Gasteiger partial charge on any atom is -0.491 e. The summed E-state index contributed by atoms with van der Waals surface area (Å²) in [5.41, 5.74) is 1.13. The van der Waals surface area contributed by atoms with Gasteiger partial charge in [0.25, 0.3) is 0 Å². The molecule has 1 aliphatic rings. The highest BCUT2D eigenvalue weighted by atomic mass is 32.2. The Hall–Kier alpha value is -1.07. The van der Waals surface area contributed by atoms with Gasteiger partial charge in [-0.15, -0.1) is 0 Å². The third-order valence-corrected chi connectivity index (χ3v) is 4.90. The Morgan fingerprint density at radius 1 is 1.23 bits per heavy atom. The number of sulfone groups is 1. The summed E-state index contributed by atoms with van der Waals surface area (Å²) in [7, 11) is -2.97. The first-order valence-electron chi connectivity index (χ1n) is 7.94.